The van der Waals surface area contributed by atoms with Gasteiger partial charge in [-0.1, -0.05) is 17.7 Å². The molecule has 0 heterocycles. The van der Waals surface area contributed by atoms with Crippen LogP contribution in [0.3, 0.4) is 0 Å². The smallest absolute Gasteiger partial charge is 0.125 e. The van der Waals surface area contributed by atoms with E-state index >= 15 is 0 Å². The van der Waals surface area contributed by atoms with E-state index in [2.05, 4.69) is 50.6 Å². The third-order valence-electron chi connectivity index (χ3n) is 2.70. The Balaban J connectivity index is 2.85. The van der Waals surface area contributed by atoms with Gasteiger partial charge in [0.05, 0.1) is 7.11 Å². The zero-order chi connectivity index (χ0) is 12.1. The molecule has 0 aliphatic rings. The third kappa shape index (κ3) is 3.42. The molecule has 0 unspecified atom stereocenters. The summed E-state index contributed by atoms with van der Waals surface area (Å²) in [6.07, 6.45) is 1.00. The molecule has 0 bridgehead atoms. The highest BCUT2D eigenvalue weighted by atomic mass is 32.1. The summed E-state index contributed by atoms with van der Waals surface area (Å²) < 4.78 is 5.46. The molecule has 90 valence electrons. The van der Waals surface area contributed by atoms with Gasteiger partial charge in [0.15, 0.2) is 0 Å². The summed E-state index contributed by atoms with van der Waals surface area (Å²) in [6, 6.07) is 4.36. The van der Waals surface area contributed by atoms with Crippen molar-refractivity contribution in [2.45, 2.75) is 20.3 Å². The fourth-order valence-electron chi connectivity index (χ4n) is 1.90. The van der Waals surface area contributed by atoms with Crippen LogP contribution in [0.2, 0.25) is 0 Å². The van der Waals surface area contributed by atoms with Gasteiger partial charge in [-0.25, -0.2) is 0 Å². The maximum absolute atomic E-state index is 5.46. The highest BCUT2D eigenvalue weighted by Crippen LogP contribution is 2.25. The maximum Gasteiger partial charge on any atom is 0.125 e. The first-order valence-electron chi connectivity index (χ1n) is 5.52. The minimum atomic E-state index is 0.785. The van der Waals surface area contributed by atoms with E-state index in [9.17, 15) is 0 Å². The van der Waals surface area contributed by atoms with Crippen molar-refractivity contribution in [3.8, 4) is 5.75 Å². The lowest BCUT2D eigenvalue weighted by atomic mass is 10.0. The molecule has 3 heteroatoms. The molecule has 0 N–H and O–H groups in total. The number of likely N-dealkylation sites (N-methyl/N-ethyl adjacent to an activating group) is 1. The van der Waals surface area contributed by atoms with E-state index in [-0.39, 0.29) is 0 Å². The lowest BCUT2D eigenvalue weighted by Crippen LogP contribution is -2.19. The molecular formula is C13H21NOS. The van der Waals surface area contributed by atoms with E-state index in [1.165, 1.54) is 16.7 Å². The SMILES string of the molecule is COc1c(C)cc(C)cc1CCN(C)CS. The largest absolute Gasteiger partial charge is 0.496 e. The van der Waals surface area contributed by atoms with Gasteiger partial charge in [0, 0.05) is 12.4 Å². The average Bonchev–Trinajstić information content (AvgIpc) is 2.25. The number of hydrogen-bond acceptors (Lipinski definition) is 3. The van der Waals surface area contributed by atoms with E-state index in [1.807, 2.05) is 0 Å². The molecular weight excluding hydrogens is 218 g/mol. The van der Waals surface area contributed by atoms with Crippen molar-refractivity contribution in [1.29, 1.82) is 0 Å². The number of methoxy groups -OCH3 is 1. The Morgan fingerprint density at radius 3 is 2.56 bits per heavy atom. The van der Waals surface area contributed by atoms with Crippen LogP contribution in [0.25, 0.3) is 0 Å². The molecule has 1 rings (SSSR count). The first-order chi connectivity index (χ1) is 7.58. The number of benzene rings is 1. The molecule has 0 spiro atoms. The number of thiol groups is 1. The minimum absolute atomic E-state index is 0.785. The standard InChI is InChI=1S/C13H21NOS/c1-10-7-11(2)13(15-4)12(8-10)5-6-14(3)9-16/h7-8,16H,5-6,9H2,1-4H3. The molecule has 0 aliphatic heterocycles. The van der Waals surface area contributed by atoms with E-state index in [4.69, 9.17) is 4.74 Å². The van der Waals surface area contributed by atoms with Gasteiger partial charge in [0.2, 0.25) is 0 Å². The molecule has 16 heavy (non-hydrogen) atoms. The zero-order valence-corrected chi connectivity index (χ0v) is 11.5. The Hall–Kier alpha value is -0.670. The van der Waals surface area contributed by atoms with Crippen LogP contribution in [0.4, 0.5) is 0 Å². The van der Waals surface area contributed by atoms with Gasteiger partial charge in [-0.2, -0.15) is 12.6 Å². The summed E-state index contributed by atoms with van der Waals surface area (Å²) >= 11 is 4.25. The summed E-state index contributed by atoms with van der Waals surface area (Å²) in [4.78, 5) is 2.18. The van der Waals surface area contributed by atoms with Crippen LogP contribution < -0.4 is 4.74 Å². The quantitative estimate of drug-likeness (QED) is 0.626. The fraction of sp³-hybridized carbons (Fsp3) is 0.538. The van der Waals surface area contributed by atoms with Crippen LogP contribution in [-0.4, -0.2) is 31.5 Å². The fourth-order valence-corrected chi connectivity index (χ4v) is 2.04. The van der Waals surface area contributed by atoms with Gasteiger partial charge < -0.3 is 4.74 Å². The lowest BCUT2D eigenvalue weighted by Gasteiger charge is -2.16. The normalized spacial score (nSPS) is 10.9. The molecule has 0 atom stereocenters. The first-order valence-corrected chi connectivity index (χ1v) is 6.15. The van der Waals surface area contributed by atoms with Gasteiger partial charge in [0.25, 0.3) is 0 Å². The summed E-state index contributed by atoms with van der Waals surface area (Å²) in [5, 5.41) is 0. The summed E-state index contributed by atoms with van der Waals surface area (Å²) in [5.74, 6) is 1.81. The summed E-state index contributed by atoms with van der Waals surface area (Å²) in [7, 11) is 3.81. The minimum Gasteiger partial charge on any atom is -0.496 e. The molecule has 2 nitrogen and oxygen atoms in total. The van der Waals surface area contributed by atoms with E-state index in [1.54, 1.807) is 7.11 Å². The Kier molecular flexibility index (Phi) is 5.16. The van der Waals surface area contributed by atoms with Crippen molar-refractivity contribution in [1.82, 2.24) is 4.90 Å². The Morgan fingerprint density at radius 2 is 2.00 bits per heavy atom. The van der Waals surface area contributed by atoms with Crippen molar-refractivity contribution < 1.29 is 4.74 Å². The van der Waals surface area contributed by atoms with Crippen LogP contribution >= 0.6 is 12.6 Å². The summed E-state index contributed by atoms with van der Waals surface area (Å²) in [5.41, 5.74) is 3.79. The molecule has 0 saturated heterocycles. The van der Waals surface area contributed by atoms with Crippen molar-refractivity contribution >= 4 is 12.6 Å². The topological polar surface area (TPSA) is 12.5 Å². The van der Waals surface area contributed by atoms with E-state index in [0.29, 0.717) is 0 Å². The number of hydrogen-bond donors (Lipinski definition) is 1. The second kappa shape index (κ2) is 6.16. The molecule has 0 saturated carbocycles. The van der Waals surface area contributed by atoms with Crippen LogP contribution in [0.5, 0.6) is 5.75 Å². The van der Waals surface area contributed by atoms with Crippen LogP contribution in [0, 0.1) is 13.8 Å². The van der Waals surface area contributed by atoms with Crippen molar-refractivity contribution in [3.63, 3.8) is 0 Å². The van der Waals surface area contributed by atoms with Gasteiger partial charge in [-0.15, -0.1) is 0 Å². The van der Waals surface area contributed by atoms with Gasteiger partial charge in [-0.05, 0) is 38.4 Å². The number of ether oxygens (including phenoxy) is 1. The molecule has 0 fully saturated rings. The molecule has 1 aromatic carbocycles. The highest BCUT2D eigenvalue weighted by molar-refractivity contribution is 7.80. The predicted octanol–water partition coefficient (Wildman–Crippen LogP) is 2.67. The Morgan fingerprint density at radius 1 is 1.31 bits per heavy atom. The predicted molar refractivity (Wildman–Crippen MR) is 72.7 cm³/mol. The zero-order valence-electron chi connectivity index (χ0n) is 10.6. The number of aryl methyl sites for hydroxylation is 2. The van der Waals surface area contributed by atoms with Crippen molar-refractivity contribution in [2.24, 2.45) is 0 Å². The first kappa shape index (κ1) is 13.4. The summed E-state index contributed by atoms with van der Waals surface area (Å²) in [6.45, 7) is 5.22. The van der Waals surface area contributed by atoms with Crippen LogP contribution in [0.15, 0.2) is 12.1 Å². The second-order valence-corrected chi connectivity index (χ2v) is 4.53. The average molecular weight is 239 g/mol. The molecule has 0 aromatic heterocycles. The van der Waals surface area contributed by atoms with E-state index < -0.39 is 0 Å². The second-order valence-electron chi connectivity index (χ2n) is 4.25. The highest BCUT2D eigenvalue weighted by Gasteiger charge is 2.08. The molecule has 0 aliphatic carbocycles. The maximum atomic E-state index is 5.46. The molecule has 0 radical (unpaired) electrons. The molecule has 1 aromatic rings. The Labute approximate surface area is 104 Å². The monoisotopic (exact) mass is 239 g/mol. The molecule has 0 amide bonds. The van der Waals surface area contributed by atoms with Gasteiger partial charge in [-0.3, -0.25) is 4.90 Å². The Bertz CT molecular complexity index is 352. The lowest BCUT2D eigenvalue weighted by molar-refractivity contribution is 0.383. The van der Waals surface area contributed by atoms with Crippen LogP contribution in [0.1, 0.15) is 16.7 Å². The van der Waals surface area contributed by atoms with Crippen molar-refractivity contribution in [2.75, 3.05) is 26.6 Å². The van der Waals surface area contributed by atoms with Gasteiger partial charge in [0.1, 0.15) is 5.75 Å². The van der Waals surface area contributed by atoms with Crippen LogP contribution in [-0.2, 0) is 6.42 Å². The number of rotatable bonds is 5. The number of nitrogens with zero attached hydrogens (tertiary/aromatic N) is 1. The van der Waals surface area contributed by atoms with Gasteiger partial charge >= 0.3 is 0 Å². The van der Waals surface area contributed by atoms with Crippen molar-refractivity contribution in [3.05, 3.63) is 28.8 Å². The van der Waals surface area contributed by atoms with E-state index in [0.717, 1.165) is 24.6 Å². The third-order valence-corrected chi connectivity index (χ3v) is 3.19.